The summed E-state index contributed by atoms with van der Waals surface area (Å²) in [5, 5.41) is 2.91. The minimum atomic E-state index is -1.02. The molecule has 0 unspecified atom stereocenters. The van der Waals surface area contributed by atoms with Crippen LogP contribution in [-0.2, 0) is 4.74 Å². The van der Waals surface area contributed by atoms with Gasteiger partial charge in [-0.25, -0.2) is 9.18 Å². The fourth-order valence-electron chi connectivity index (χ4n) is 1.72. The first-order chi connectivity index (χ1) is 7.33. The van der Waals surface area contributed by atoms with Crippen LogP contribution in [0.25, 0.3) is 0 Å². The van der Waals surface area contributed by atoms with Gasteiger partial charge >= 0.3 is 6.09 Å². The highest BCUT2D eigenvalue weighted by atomic mass is 19.1. The lowest BCUT2D eigenvalue weighted by molar-refractivity contribution is 0.00990. The molecule has 5 heteroatoms. The molecule has 0 bridgehead atoms. The average Bonchev–Trinajstić information content (AvgIpc) is 2.15. The van der Waals surface area contributed by atoms with Crippen LogP contribution >= 0.6 is 0 Å². The van der Waals surface area contributed by atoms with Crippen molar-refractivity contribution in [1.29, 1.82) is 0 Å². The van der Waals surface area contributed by atoms with Crippen LogP contribution in [0.4, 0.5) is 9.18 Å². The van der Waals surface area contributed by atoms with Crippen LogP contribution in [0.1, 0.15) is 27.2 Å². The molecule has 0 aromatic heterocycles. The largest absolute Gasteiger partial charge is 0.444 e. The van der Waals surface area contributed by atoms with Gasteiger partial charge in [0, 0.05) is 12.6 Å². The number of nitrogens with zero attached hydrogens (tertiary/aromatic N) is 1. The highest BCUT2D eigenvalue weighted by molar-refractivity contribution is 5.68. The topological polar surface area (TPSA) is 41.6 Å². The number of hydrogen-bond donors (Lipinski definition) is 1. The Morgan fingerprint density at radius 2 is 2.12 bits per heavy atom. The Morgan fingerprint density at radius 1 is 1.50 bits per heavy atom. The van der Waals surface area contributed by atoms with Crippen LogP contribution < -0.4 is 5.32 Å². The molecule has 0 aliphatic carbocycles. The lowest BCUT2D eigenvalue weighted by Gasteiger charge is -2.35. The van der Waals surface area contributed by atoms with Gasteiger partial charge in [-0.05, 0) is 34.2 Å². The molecule has 0 saturated carbocycles. The minimum absolute atomic E-state index is 0.112. The van der Waals surface area contributed by atoms with Gasteiger partial charge in [0.05, 0.1) is 6.54 Å². The van der Waals surface area contributed by atoms with Crippen molar-refractivity contribution in [2.24, 2.45) is 0 Å². The van der Waals surface area contributed by atoms with Crippen LogP contribution in [0.5, 0.6) is 0 Å². The van der Waals surface area contributed by atoms with Gasteiger partial charge in [0.1, 0.15) is 11.8 Å². The van der Waals surface area contributed by atoms with E-state index in [-0.39, 0.29) is 12.6 Å². The molecular weight excluding hydrogens is 211 g/mol. The number of nitrogens with one attached hydrogen (secondary N) is 1. The number of piperidine rings is 1. The first-order valence-electron chi connectivity index (χ1n) is 5.63. The summed E-state index contributed by atoms with van der Waals surface area (Å²) in [6, 6.07) is -0.154. The number of ether oxygens (including phenoxy) is 1. The van der Waals surface area contributed by atoms with E-state index in [1.165, 1.54) is 4.90 Å². The van der Waals surface area contributed by atoms with E-state index in [0.29, 0.717) is 13.0 Å². The summed E-state index contributed by atoms with van der Waals surface area (Å²) in [7, 11) is 1.74. The molecule has 1 aliphatic heterocycles. The first-order valence-corrected chi connectivity index (χ1v) is 5.63. The molecule has 0 aromatic rings. The Morgan fingerprint density at radius 3 is 2.56 bits per heavy atom. The van der Waals surface area contributed by atoms with Crippen LogP contribution in [0.2, 0.25) is 0 Å². The lowest BCUT2D eigenvalue weighted by atomic mass is 10.0. The van der Waals surface area contributed by atoms with Crippen LogP contribution in [0.15, 0.2) is 0 Å². The molecule has 0 spiro atoms. The van der Waals surface area contributed by atoms with Crippen molar-refractivity contribution < 1.29 is 13.9 Å². The van der Waals surface area contributed by atoms with E-state index in [1.807, 2.05) is 0 Å². The summed E-state index contributed by atoms with van der Waals surface area (Å²) in [4.78, 5) is 13.1. The standard InChI is InChI=1S/C11H21FN2O2/c1-11(2,3)16-10(15)14-6-5-9(13-4)8(12)7-14/h8-9,13H,5-7H2,1-4H3/t8-,9+/m0/s1. The molecule has 0 radical (unpaired) electrons. The molecule has 1 amide bonds. The van der Waals surface area contributed by atoms with Gasteiger partial charge in [-0.3, -0.25) is 0 Å². The SMILES string of the molecule is CN[C@@H]1CCN(C(=O)OC(C)(C)C)C[C@@H]1F. The molecule has 1 aliphatic rings. The number of halogens is 1. The molecule has 16 heavy (non-hydrogen) atoms. The average molecular weight is 232 g/mol. The summed E-state index contributed by atoms with van der Waals surface area (Å²) in [6.45, 7) is 6.07. The van der Waals surface area contributed by atoms with Crippen molar-refractivity contribution in [2.75, 3.05) is 20.1 Å². The molecule has 0 aromatic carbocycles. The lowest BCUT2D eigenvalue weighted by Crippen LogP contribution is -2.52. The van der Waals surface area contributed by atoms with E-state index in [1.54, 1.807) is 27.8 Å². The van der Waals surface area contributed by atoms with Crippen molar-refractivity contribution in [3.63, 3.8) is 0 Å². The Hall–Kier alpha value is -0.840. The molecule has 1 rings (SSSR count). The predicted molar refractivity (Wildman–Crippen MR) is 60.2 cm³/mol. The summed E-state index contributed by atoms with van der Waals surface area (Å²) < 4.78 is 18.8. The van der Waals surface area contributed by atoms with E-state index in [4.69, 9.17) is 4.74 Å². The van der Waals surface area contributed by atoms with Crippen molar-refractivity contribution in [3.05, 3.63) is 0 Å². The van der Waals surface area contributed by atoms with Gasteiger partial charge in [0.25, 0.3) is 0 Å². The first kappa shape index (κ1) is 13.2. The monoisotopic (exact) mass is 232 g/mol. The van der Waals surface area contributed by atoms with Gasteiger partial charge in [-0.15, -0.1) is 0 Å². The van der Waals surface area contributed by atoms with Gasteiger partial charge in [-0.1, -0.05) is 0 Å². The van der Waals surface area contributed by atoms with Crippen LogP contribution in [-0.4, -0.2) is 48.9 Å². The fraction of sp³-hybridized carbons (Fsp3) is 0.909. The predicted octanol–water partition coefficient (Wildman–Crippen LogP) is 1.55. The Kier molecular flexibility index (Phi) is 4.13. The molecule has 1 fully saturated rings. The summed E-state index contributed by atoms with van der Waals surface area (Å²) in [5.74, 6) is 0. The molecule has 1 heterocycles. The molecule has 4 nitrogen and oxygen atoms in total. The quantitative estimate of drug-likeness (QED) is 0.746. The second-order valence-corrected chi connectivity index (χ2v) is 5.13. The van der Waals surface area contributed by atoms with Gasteiger partial charge in [0.15, 0.2) is 0 Å². The number of carbonyl (C=O) groups excluding carboxylic acids is 1. The second-order valence-electron chi connectivity index (χ2n) is 5.13. The van der Waals surface area contributed by atoms with E-state index in [0.717, 1.165) is 0 Å². The Bertz CT molecular complexity index is 253. The Balaban J connectivity index is 2.48. The Labute approximate surface area is 96.1 Å². The third kappa shape index (κ3) is 3.63. The van der Waals surface area contributed by atoms with Crippen molar-refractivity contribution in [2.45, 2.75) is 45.0 Å². The molecule has 1 saturated heterocycles. The molecule has 2 atom stereocenters. The number of alkyl halides is 1. The second kappa shape index (κ2) is 4.99. The van der Waals surface area contributed by atoms with Crippen molar-refractivity contribution >= 4 is 6.09 Å². The van der Waals surface area contributed by atoms with E-state index in [9.17, 15) is 9.18 Å². The van der Waals surface area contributed by atoms with Crippen LogP contribution in [0.3, 0.4) is 0 Å². The third-order valence-electron chi connectivity index (χ3n) is 2.56. The molecular formula is C11H21FN2O2. The van der Waals surface area contributed by atoms with Crippen LogP contribution in [0, 0.1) is 0 Å². The number of hydrogen-bond acceptors (Lipinski definition) is 3. The van der Waals surface area contributed by atoms with Crippen molar-refractivity contribution in [1.82, 2.24) is 10.2 Å². The van der Waals surface area contributed by atoms with Gasteiger partial charge in [0.2, 0.25) is 0 Å². The molecule has 94 valence electrons. The van der Waals surface area contributed by atoms with E-state index in [2.05, 4.69) is 5.32 Å². The maximum atomic E-state index is 13.6. The van der Waals surface area contributed by atoms with E-state index >= 15 is 0 Å². The maximum Gasteiger partial charge on any atom is 0.410 e. The summed E-state index contributed by atoms with van der Waals surface area (Å²) in [6.07, 6.45) is -0.826. The highest BCUT2D eigenvalue weighted by Gasteiger charge is 2.32. The number of amides is 1. The molecule has 1 N–H and O–H groups in total. The minimum Gasteiger partial charge on any atom is -0.444 e. The smallest absolute Gasteiger partial charge is 0.410 e. The van der Waals surface area contributed by atoms with Gasteiger partial charge < -0.3 is 15.0 Å². The normalized spacial score (nSPS) is 26.7. The zero-order chi connectivity index (χ0) is 12.3. The zero-order valence-corrected chi connectivity index (χ0v) is 10.4. The number of likely N-dealkylation sites (tertiary alicyclic amines) is 1. The summed E-state index contributed by atoms with van der Waals surface area (Å²) in [5.41, 5.74) is -0.525. The van der Waals surface area contributed by atoms with E-state index < -0.39 is 17.9 Å². The van der Waals surface area contributed by atoms with Crippen molar-refractivity contribution in [3.8, 4) is 0 Å². The van der Waals surface area contributed by atoms with Gasteiger partial charge in [-0.2, -0.15) is 0 Å². The highest BCUT2D eigenvalue weighted by Crippen LogP contribution is 2.17. The number of rotatable bonds is 1. The maximum absolute atomic E-state index is 13.6. The fourth-order valence-corrected chi connectivity index (χ4v) is 1.72. The summed E-state index contributed by atoms with van der Waals surface area (Å²) >= 11 is 0. The number of carbonyl (C=O) groups is 1. The third-order valence-corrected chi connectivity index (χ3v) is 2.56. The zero-order valence-electron chi connectivity index (χ0n) is 10.4.